The number of aromatic nitrogens is 4. The van der Waals surface area contributed by atoms with Crippen LogP contribution in [0.2, 0.25) is 0 Å². The number of piperidine rings is 1. The molecule has 0 radical (unpaired) electrons. The summed E-state index contributed by atoms with van der Waals surface area (Å²) in [4.78, 5) is 19.4. The van der Waals surface area contributed by atoms with Gasteiger partial charge in [-0.1, -0.05) is 23.4 Å². The Bertz CT molecular complexity index is 1000. The quantitative estimate of drug-likeness (QED) is 0.645. The lowest BCUT2D eigenvalue weighted by Crippen LogP contribution is -2.48. The van der Waals surface area contributed by atoms with Crippen molar-refractivity contribution in [3.05, 3.63) is 23.8 Å². The third kappa shape index (κ3) is 3.29. The van der Waals surface area contributed by atoms with Crippen molar-refractivity contribution in [1.29, 1.82) is 0 Å². The van der Waals surface area contributed by atoms with E-state index in [0.29, 0.717) is 23.0 Å². The molecule has 3 aromatic rings. The summed E-state index contributed by atoms with van der Waals surface area (Å²) < 4.78 is 2.04. The SMILES string of the molecule is Cc1ccc2c(c1)c1nnc(SCC(=O)N3[C@H](C)CCC[C@@H]3C)nc1n2C. The molecule has 1 aliphatic heterocycles. The summed E-state index contributed by atoms with van der Waals surface area (Å²) in [5.41, 5.74) is 3.89. The molecule has 0 bridgehead atoms. The molecule has 0 spiro atoms. The zero-order chi connectivity index (χ0) is 19.1. The van der Waals surface area contributed by atoms with E-state index in [2.05, 4.69) is 54.2 Å². The molecule has 7 heteroatoms. The topological polar surface area (TPSA) is 63.9 Å². The van der Waals surface area contributed by atoms with Crippen molar-refractivity contribution >= 4 is 39.7 Å². The number of fused-ring (bicyclic) bond motifs is 3. The molecule has 6 nitrogen and oxygen atoms in total. The Morgan fingerprint density at radius 3 is 2.70 bits per heavy atom. The Balaban J connectivity index is 1.57. The van der Waals surface area contributed by atoms with Crippen molar-refractivity contribution in [2.24, 2.45) is 7.05 Å². The normalized spacial score (nSPS) is 20.5. The molecule has 2 aromatic heterocycles. The van der Waals surface area contributed by atoms with Crippen LogP contribution in [0, 0.1) is 6.92 Å². The number of benzene rings is 1. The summed E-state index contributed by atoms with van der Waals surface area (Å²) in [5, 5.41) is 10.3. The smallest absolute Gasteiger partial charge is 0.233 e. The van der Waals surface area contributed by atoms with Crippen molar-refractivity contribution in [2.75, 3.05) is 5.75 Å². The first kappa shape index (κ1) is 18.2. The number of likely N-dealkylation sites (tertiary alicyclic amines) is 1. The molecule has 1 fully saturated rings. The van der Waals surface area contributed by atoms with Gasteiger partial charge < -0.3 is 9.47 Å². The molecule has 4 rings (SSSR count). The summed E-state index contributed by atoms with van der Waals surface area (Å²) in [7, 11) is 1.99. The van der Waals surface area contributed by atoms with E-state index in [0.717, 1.165) is 34.9 Å². The van der Waals surface area contributed by atoms with Crippen molar-refractivity contribution in [3.8, 4) is 0 Å². The highest BCUT2D eigenvalue weighted by molar-refractivity contribution is 7.99. The number of carbonyl (C=O) groups is 1. The van der Waals surface area contributed by atoms with Gasteiger partial charge in [-0.15, -0.1) is 10.2 Å². The van der Waals surface area contributed by atoms with Crippen molar-refractivity contribution in [1.82, 2.24) is 24.6 Å². The second kappa shape index (κ2) is 7.11. The average Bonchev–Trinajstić information content (AvgIpc) is 2.91. The van der Waals surface area contributed by atoms with Gasteiger partial charge in [0.15, 0.2) is 5.65 Å². The van der Waals surface area contributed by atoms with E-state index in [1.54, 1.807) is 0 Å². The van der Waals surface area contributed by atoms with E-state index in [4.69, 9.17) is 0 Å². The maximum Gasteiger partial charge on any atom is 0.233 e. The molecule has 1 aliphatic rings. The predicted molar refractivity (Wildman–Crippen MR) is 109 cm³/mol. The standard InChI is InChI=1S/C20H25N5OS/c1-12-8-9-16-15(10-12)18-19(24(16)4)21-20(23-22-18)27-11-17(26)25-13(2)6-5-7-14(25)3/h8-10,13-14H,5-7,11H2,1-4H3/t13-,14+. The highest BCUT2D eigenvalue weighted by Crippen LogP contribution is 2.28. The molecular formula is C20H25N5OS. The Labute approximate surface area is 163 Å². The predicted octanol–water partition coefficient (Wildman–Crippen LogP) is 3.71. The van der Waals surface area contributed by atoms with Crippen LogP contribution in [0.3, 0.4) is 0 Å². The van der Waals surface area contributed by atoms with Gasteiger partial charge in [-0.25, -0.2) is 4.98 Å². The average molecular weight is 384 g/mol. The lowest BCUT2D eigenvalue weighted by Gasteiger charge is -2.39. The highest BCUT2D eigenvalue weighted by Gasteiger charge is 2.28. The van der Waals surface area contributed by atoms with E-state index in [-0.39, 0.29) is 5.91 Å². The van der Waals surface area contributed by atoms with Crippen molar-refractivity contribution in [2.45, 2.75) is 57.3 Å². The fourth-order valence-electron chi connectivity index (χ4n) is 4.13. The van der Waals surface area contributed by atoms with E-state index in [1.165, 1.54) is 23.7 Å². The molecule has 1 amide bonds. The van der Waals surface area contributed by atoms with Crippen LogP contribution in [-0.2, 0) is 11.8 Å². The summed E-state index contributed by atoms with van der Waals surface area (Å²) in [6.07, 6.45) is 3.36. The number of aryl methyl sites for hydroxylation is 2. The number of rotatable bonds is 3. The third-order valence-corrected chi connectivity index (χ3v) is 6.36. The van der Waals surface area contributed by atoms with Crippen LogP contribution in [-0.4, -0.2) is 48.4 Å². The molecule has 0 aliphatic carbocycles. The molecule has 2 atom stereocenters. The van der Waals surface area contributed by atoms with Crippen LogP contribution < -0.4 is 0 Å². The maximum atomic E-state index is 12.7. The minimum Gasteiger partial charge on any atom is -0.337 e. The zero-order valence-electron chi connectivity index (χ0n) is 16.3. The summed E-state index contributed by atoms with van der Waals surface area (Å²) in [6.45, 7) is 6.34. The lowest BCUT2D eigenvalue weighted by atomic mass is 9.98. The molecular weight excluding hydrogens is 358 g/mol. The maximum absolute atomic E-state index is 12.7. The van der Waals surface area contributed by atoms with Gasteiger partial charge in [0.2, 0.25) is 11.1 Å². The van der Waals surface area contributed by atoms with E-state index in [9.17, 15) is 4.79 Å². The lowest BCUT2D eigenvalue weighted by molar-refractivity contribution is -0.134. The second-order valence-corrected chi connectivity index (χ2v) is 8.51. The first-order chi connectivity index (χ1) is 13.0. The minimum atomic E-state index is 0.163. The van der Waals surface area contributed by atoms with Gasteiger partial charge in [0.1, 0.15) is 5.52 Å². The molecule has 27 heavy (non-hydrogen) atoms. The van der Waals surface area contributed by atoms with Gasteiger partial charge in [0.05, 0.1) is 11.3 Å². The number of carbonyl (C=O) groups excluding carboxylic acids is 1. The first-order valence-electron chi connectivity index (χ1n) is 9.49. The second-order valence-electron chi connectivity index (χ2n) is 7.56. The van der Waals surface area contributed by atoms with Crippen LogP contribution in [0.1, 0.15) is 38.7 Å². The van der Waals surface area contributed by atoms with Crippen LogP contribution >= 0.6 is 11.8 Å². The molecule has 1 aromatic carbocycles. The monoisotopic (exact) mass is 383 g/mol. The fourth-order valence-corrected chi connectivity index (χ4v) is 4.78. The summed E-state index contributed by atoms with van der Waals surface area (Å²) in [5.74, 6) is 0.515. The van der Waals surface area contributed by atoms with Crippen LogP contribution in [0.4, 0.5) is 0 Å². The van der Waals surface area contributed by atoms with E-state index >= 15 is 0 Å². The Hall–Kier alpha value is -2.15. The van der Waals surface area contributed by atoms with Gasteiger partial charge in [0, 0.05) is 24.5 Å². The Kier molecular flexibility index (Phi) is 4.80. The molecule has 3 heterocycles. The zero-order valence-corrected chi connectivity index (χ0v) is 17.1. The largest absolute Gasteiger partial charge is 0.337 e. The van der Waals surface area contributed by atoms with Gasteiger partial charge in [-0.3, -0.25) is 4.79 Å². The fraction of sp³-hybridized carbons (Fsp3) is 0.500. The minimum absolute atomic E-state index is 0.163. The summed E-state index contributed by atoms with van der Waals surface area (Å²) >= 11 is 1.37. The van der Waals surface area contributed by atoms with Gasteiger partial charge in [0.25, 0.3) is 0 Å². The molecule has 0 unspecified atom stereocenters. The van der Waals surface area contributed by atoms with E-state index < -0.39 is 0 Å². The number of hydrogen-bond acceptors (Lipinski definition) is 5. The van der Waals surface area contributed by atoms with Crippen LogP contribution in [0.25, 0.3) is 22.1 Å². The van der Waals surface area contributed by atoms with E-state index in [1.807, 2.05) is 16.5 Å². The number of amides is 1. The Morgan fingerprint density at radius 2 is 1.96 bits per heavy atom. The first-order valence-corrected chi connectivity index (χ1v) is 10.5. The molecule has 1 saturated heterocycles. The molecule has 0 saturated carbocycles. The number of nitrogens with zero attached hydrogens (tertiary/aromatic N) is 5. The van der Waals surface area contributed by atoms with Crippen LogP contribution in [0.15, 0.2) is 23.4 Å². The van der Waals surface area contributed by atoms with Gasteiger partial charge in [-0.2, -0.15) is 0 Å². The van der Waals surface area contributed by atoms with Gasteiger partial charge in [-0.05, 0) is 52.2 Å². The Morgan fingerprint density at radius 1 is 1.22 bits per heavy atom. The van der Waals surface area contributed by atoms with Gasteiger partial charge >= 0.3 is 0 Å². The molecule has 142 valence electrons. The number of hydrogen-bond donors (Lipinski definition) is 0. The summed E-state index contributed by atoms with van der Waals surface area (Å²) in [6, 6.07) is 6.91. The number of thioether (sulfide) groups is 1. The van der Waals surface area contributed by atoms with Crippen LogP contribution in [0.5, 0.6) is 0 Å². The highest BCUT2D eigenvalue weighted by atomic mass is 32.2. The van der Waals surface area contributed by atoms with Crippen molar-refractivity contribution in [3.63, 3.8) is 0 Å². The third-order valence-electron chi connectivity index (χ3n) is 5.54. The van der Waals surface area contributed by atoms with Crippen molar-refractivity contribution < 1.29 is 4.79 Å². The molecule has 0 N–H and O–H groups in total.